The monoisotopic (exact) mass is 270 g/mol. The van der Waals surface area contributed by atoms with Crippen molar-refractivity contribution in [1.82, 2.24) is 4.90 Å². The van der Waals surface area contributed by atoms with Crippen molar-refractivity contribution < 1.29 is 4.74 Å². The van der Waals surface area contributed by atoms with Crippen LogP contribution in [0.25, 0.3) is 0 Å². The van der Waals surface area contributed by atoms with Gasteiger partial charge in [-0.15, -0.1) is 0 Å². The summed E-state index contributed by atoms with van der Waals surface area (Å²) in [5.41, 5.74) is 6.58. The summed E-state index contributed by atoms with van der Waals surface area (Å²) in [6.45, 7) is 14.7. The third-order valence-electron chi connectivity index (χ3n) is 5.61. The fourth-order valence-electron chi connectivity index (χ4n) is 3.52. The van der Waals surface area contributed by atoms with Gasteiger partial charge in [0.25, 0.3) is 0 Å². The first-order valence-electron chi connectivity index (χ1n) is 7.83. The molecular formula is C16H34N2O. The molecule has 2 N–H and O–H groups in total. The Kier molecular flexibility index (Phi) is 6.28. The number of nitrogens with zero attached hydrogens (tertiary/aromatic N) is 1. The fraction of sp³-hybridized carbons (Fsp3) is 1.00. The summed E-state index contributed by atoms with van der Waals surface area (Å²) < 4.78 is 5.30. The van der Waals surface area contributed by atoms with E-state index in [0.717, 1.165) is 19.1 Å². The molecule has 0 aromatic heterocycles. The Morgan fingerprint density at radius 3 is 2.53 bits per heavy atom. The van der Waals surface area contributed by atoms with E-state index in [-0.39, 0.29) is 0 Å². The van der Waals surface area contributed by atoms with Crippen molar-refractivity contribution in [1.29, 1.82) is 0 Å². The lowest BCUT2D eigenvalue weighted by Gasteiger charge is -2.49. The second kappa shape index (κ2) is 7.05. The number of hydrogen-bond acceptors (Lipinski definition) is 3. The number of methoxy groups -OCH3 is 1. The van der Waals surface area contributed by atoms with Crippen LogP contribution in [0.3, 0.4) is 0 Å². The van der Waals surface area contributed by atoms with Crippen molar-refractivity contribution in [2.45, 2.75) is 59.5 Å². The molecule has 0 aromatic rings. The van der Waals surface area contributed by atoms with Crippen LogP contribution >= 0.6 is 0 Å². The van der Waals surface area contributed by atoms with Crippen LogP contribution < -0.4 is 5.73 Å². The molecule has 0 aliphatic heterocycles. The predicted octanol–water partition coefficient (Wildman–Crippen LogP) is 2.74. The number of hydrogen-bond donors (Lipinski definition) is 1. The van der Waals surface area contributed by atoms with Crippen LogP contribution in [-0.4, -0.2) is 43.8 Å². The van der Waals surface area contributed by atoms with E-state index in [1.165, 1.54) is 19.4 Å². The Labute approximate surface area is 119 Å². The minimum Gasteiger partial charge on any atom is -0.383 e. The molecular weight excluding hydrogens is 236 g/mol. The SMILES string of the molecule is CCN(CC1CCC(N)C(C)C1(C)C)C(C)COC. The molecule has 1 aliphatic carbocycles. The van der Waals surface area contributed by atoms with Gasteiger partial charge >= 0.3 is 0 Å². The van der Waals surface area contributed by atoms with Crippen molar-refractivity contribution >= 4 is 0 Å². The highest BCUT2D eigenvalue weighted by Gasteiger charge is 2.42. The van der Waals surface area contributed by atoms with E-state index in [2.05, 4.69) is 39.5 Å². The molecule has 4 unspecified atom stereocenters. The molecule has 114 valence electrons. The number of likely N-dealkylation sites (N-methyl/N-ethyl adjacent to an activating group) is 1. The maximum atomic E-state index is 6.25. The lowest BCUT2D eigenvalue weighted by atomic mass is 9.61. The molecule has 1 fully saturated rings. The largest absolute Gasteiger partial charge is 0.383 e. The third-order valence-corrected chi connectivity index (χ3v) is 5.61. The van der Waals surface area contributed by atoms with Crippen molar-refractivity contribution in [3.63, 3.8) is 0 Å². The van der Waals surface area contributed by atoms with Crippen LogP contribution in [0.5, 0.6) is 0 Å². The lowest BCUT2D eigenvalue weighted by molar-refractivity contribution is 0.0106. The summed E-state index contributed by atoms with van der Waals surface area (Å²) in [6, 6.07) is 0.870. The molecule has 0 heterocycles. The molecule has 0 bridgehead atoms. The maximum Gasteiger partial charge on any atom is 0.0615 e. The normalized spacial score (nSPS) is 32.5. The van der Waals surface area contributed by atoms with Crippen molar-refractivity contribution in [3.8, 4) is 0 Å². The van der Waals surface area contributed by atoms with Crippen molar-refractivity contribution in [2.75, 3.05) is 26.8 Å². The number of nitrogens with two attached hydrogens (primary N) is 1. The van der Waals surface area contributed by atoms with E-state index in [4.69, 9.17) is 10.5 Å². The smallest absolute Gasteiger partial charge is 0.0615 e. The molecule has 0 amide bonds. The van der Waals surface area contributed by atoms with Gasteiger partial charge in [-0.25, -0.2) is 0 Å². The first-order chi connectivity index (χ1) is 8.84. The zero-order chi connectivity index (χ0) is 14.6. The molecule has 0 aromatic carbocycles. The van der Waals surface area contributed by atoms with Crippen LogP contribution in [0.1, 0.15) is 47.5 Å². The van der Waals surface area contributed by atoms with Gasteiger partial charge in [0.2, 0.25) is 0 Å². The highest BCUT2D eigenvalue weighted by atomic mass is 16.5. The summed E-state index contributed by atoms with van der Waals surface area (Å²) in [6.07, 6.45) is 2.43. The first-order valence-corrected chi connectivity index (χ1v) is 7.83. The van der Waals surface area contributed by atoms with Gasteiger partial charge in [0.1, 0.15) is 0 Å². The lowest BCUT2D eigenvalue weighted by Crippen LogP contribution is -2.51. The number of rotatable bonds is 6. The summed E-state index contributed by atoms with van der Waals surface area (Å²) in [4.78, 5) is 2.56. The minimum atomic E-state index is 0.331. The van der Waals surface area contributed by atoms with Gasteiger partial charge in [-0.3, -0.25) is 4.90 Å². The number of ether oxygens (including phenoxy) is 1. The van der Waals surface area contributed by atoms with E-state index >= 15 is 0 Å². The van der Waals surface area contributed by atoms with Crippen LogP contribution in [0.4, 0.5) is 0 Å². The molecule has 4 atom stereocenters. The fourth-order valence-corrected chi connectivity index (χ4v) is 3.52. The Balaban J connectivity index is 2.68. The van der Waals surface area contributed by atoms with E-state index in [0.29, 0.717) is 23.4 Å². The molecule has 3 heteroatoms. The molecule has 1 saturated carbocycles. The summed E-state index contributed by atoms with van der Waals surface area (Å²) >= 11 is 0. The first kappa shape index (κ1) is 16.9. The van der Waals surface area contributed by atoms with E-state index < -0.39 is 0 Å². The van der Waals surface area contributed by atoms with E-state index in [9.17, 15) is 0 Å². The summed E-state index contributed by atoms with van der Waals surface area (Å²) in [7, 11) is 1.79. The van der Waals surface area contributed by atoms with Gasteiger partial charge in [-0.2, -0.15) is 0 Å². The van der Waals surface area contributed by atoms with Crippen LogP contribution in [0.15, 0.2) is 0 Å². The summed E-state index contributed by atoms with van der Waals surface area (Å²) in [5.74, 6) is 1.34. The second-order valence-electron chi connectivity index (χ2n) is 6.94. The van der Waals surface area contributed by atoms with Gasteiger partial charge in [0.15, 0.2) is 0 Å². The predicted molar refractivity (Wildman–Crippen MR) is 82.2 cm³/mol. The Hall–Kier alpha value is -0.120. The van der Waals surface area contributed by atoms with Crippen LogP contribution in [0.2, 0.25) is 0 Å². The standard InChI is InChI=1S/C16H34N2O/c1-7-18(12(2)11-19-6)10-14-8-9-15(17)13(3)16(14,4)5/h12-15H,7-11,17H2,1-6H3. The van der Waals surface area contributed by atoms with Gasteiger partial charge in [-0.1, -0.05) is 27.7 Å². The van der Waals surface area contributed by atoms with E-state index in [1.807, 2.05) is 0 Å². The van der Waals surface area contributed by atoms with Crippen molar-refractivity contribution in [2.24, 2.45) is 23.0 Å². The van der Waals surface area contributed by atoms with Crippen molar-refractivity contribution in [3.05, 3.63) is 0 Å². The average molecular weight is 270 g/mol. The van der Waals surface area contributed by atoms with Gasteiger partial charge in [0, 0.05) is 25.7 Å². The molecule has 3 nitrogen and oxygen atoms in total. The van der Waals surface area contributed by atoms with Crippen LogP contribution in [0, 0.1) is 17.3 Å². The summed E-state index contributed by atoms with van der Waals surface area (Å²) in [5, 5.41) is 0. The molecule has 0 saturated heterocycles. The average Bonchev–Trinajstić information content (AvgIpc) is 2.36. The quantitative estimate of drug-likeness (QED) is 0.806. The molecule has 1 aliphatic rings. The molecule has 0 spiro atoms. The minimum absolute atomic E-state index is 0.331. The maximum absolute atomic E-state index is 6.25. The zero-order valence-corrected chi connectivity index (χ0v) is 13.8. The second-order valence-corrected chi connectivity index (χ2v) is 6.94. The Bertz CT molecular complexity index is 267. The highest BCUT2D eigenvalue weighted by Crippen LogP contribution is 2.44. The third kappa shape index (κ3) is 3.93. The Morgan fingerprint density at radius 2 is 2.00 bits per heavy atom. The van der Waals surface area contributed by atoms with Gasteiger partial charge in [0.05, 0.1) is 6.61 Å². The topological polar surface area (TPSA) is 38.5 Å². The van der Waals surface area contributed by atoms with E-state index in [1.54, 1.807) is 7.11 Å². The van der Waals surface area contributed by atoms with Crippen LogP contribution in [-0.2, 0) is 4.74 Å². The molecule has 19 heavy (non-hydrogen) atoms. The molecule has 0 radical (unpaired) electrons. The van der Waals surface area contributed by atoms with Gasteiger partial charge < -0.3 is 10.5 Å². The van der Waals surface area contributed by atoms with Gasteiger partial charge in [-0.05, 0) is 43.6 Å². The Morgan fingerprint density at radius 1 is 1.37 bits per heavy atom. The molecule has 1 rings (SSSR count). The zero-order valence-electron chi connectivity index (χ0n) is 13.8. The highest BCUT2D eigenvalue weighted by molar-refractivity contribution is 4.94.